The zero-order valence-corrected chi connectivity index (χ0v) is 12.8. The number of halogens is 1. The molecule has 8 heteroatoms. The van der Waals surface area contributed by atoms with Gasteiger partial charge < -0.3 is 11.1 Å². The van der Waals surface area contributed by atoms with E-state index in [1.165, 1.54) is 0 Å². The molecule has 0 unspecified atom stereocenters. The lowest BCUT2D eigenvalue weighted by atomic mass is 10.2. The van der Waals surface area contributed by atoms with E-state index in [1.54, 1.807) is 18.2 Å². The Balaban J connectivity index is 2.44. The van der Waals surface area contributed by atoms with Gasteiger partial charge in [0.2, 0.25) is 10.0 Å². The Hall–Kier alpha value is -0.890. The van der Waals surface area contributed by atoms with E-state index in [1.807, 2.05) is 0 Å². The van der Waals surface area contributed by atoms with Gasteiger partial charge in [0, 0.05) is 18.7 Å². The summed E-state index contributed by atoms with van der Waals surface area (Å²) in [5, 5.41) is 3.64. The highest BCUT2D eigenvalue weighted by molar-refractivity contribution is 7.88. The Kier molecular flexibility index (Phi) is 5.99. The standard InChI is InChI=1S/C11H16ClN3O2S2/c1-19(16,17)15-6-2-5-14-10-4-3-8(11(13)18)7-9(10)12/h3-4,7,14-15H,2,5-6H2,1H3,(H2,13,18). The SMILES string of the molecule is CS(=O)(=O)NCCCNc1ccc(C(N)=S)cc1Cl. The minimum Gasteiger partial charge on any atom is -0.389 e. The average molecular weight is 322 g/mol. The number of anilines is 1. The van der Waals surface area contributed by atoms with E-state index in [0.717, 1.165) is 11.9 Å². The lowest BCUT2D eigenvalue weighted by Gasteiger charge is -2.09. The van der Waals surface area contributed by atoms with Gasteiger partial charge in [0.25, 0.3) is 0 Å². The largest absolute Gasteiger partial charge is 0.389 e. The molecule has 0 atom stereocenters. The van der Waals surface area contributed by atoms with Crippen molar-refractivity contribution in [3.05, 3.63) is 28.8 Å². The van der Waals surface area contributed by atoms with Crippen LogP contribution in [0.1, 0.15) is 12.0 Å². The van der Waals surface area contributed by atoms with Crippen LogP contribution in [-0.2, 0) is 10.0 Å². The summed E-state index contributed by atoms with van der Waals surface area (Å²) in [5.41, 5.74) is 6.98. The van der Waals surface area contributed by atoms with Crippen molar-refractivity contribution in [2.24, 2.45) is 5.73 Å². The Labute approximate surface area is 123 Å². The second-order valence-corrected chi connectivity index (χ2v) is 6.69. The predicted molar refractivity (Wildman–Crippen MR) is 83.3 cm³/mol. The molecule has 0 aliphatic carbocycles. The van der Waals surface area contributed by atoms with Crippen LogP contribution in [0, 0.1) is 0 Å². The normalized spacial score (nSPS) is 11.3. The van der Waals surface area contributed by atoms with Crippen LogP contribution in [-0.4, -0.2) is 32.8 Å². The van der Waals surface area contributed by atoms with Gasteiger partial charge >= 0.3 is 0 Å². The van der Waals surface area contributed by atoms with E-state index in [4.69, 9.17) is 29.6 Å². The quantitative estimate of drug-likeness (QED) is 0.521. The van der Waals surface area contributed by atoms with Crippen molar-refractivity contribution in [3.8, 4) is 0 Å². The predicted octanol–water partition coefficient (Wildman–Crippen LogP) is 1.33. The first-order chi connectivity index (χ1) is 8.79. The molecule has 1 aromatic carbocycles. The van der Waals surface area contributed by atoms with Crippen molar-refractivity contribution in [2.45, 2.75) is 6.42 Å². The molecule has 0 spiro atoms. The molecule has 0 saturated carbocycles. The Morgan fingerprint density at radius 2 is 2.11 bits per heavy atom. The number of rotatable bonds is 7. The summed E-state index contributed by atoms with van der Waals surface area (Å²) in [6.45, 7) is 0.989. The minimum absolute atomic E-state index is 0.297. The summed E-state index contributed by atoms with van der Waals surface area (Å²) in [7, 11) is -3.12. The van der Waals surface area contributed by atoms with Crippen LogP contribution in [0.4, 0.5) is 5.69 Å². The molecular formula is C11H16ClN3O2S2. The van der Waals surface area contributed by atoms with Crippen molar-refractivity contribution in [1.82, 2.24) is 4.72 Å². The summed E-state index contributed by atoms with van der Waals surface area (Å²) in [5.74, 6) is 0. The zero-order chi connectivity index (χ0) is 14.5. The molecule has 0 fully saturated rings. The molecule has 0 radical (unpaired) electrons. The van der Waals surface area contributed by atoms with Gasteiger partial charge in [-0.15, -0.1) is 0 Å². The van der Waals surface area contributed by atoms with Crippen molar-refractivity contribution >= 4 is 44.5 Å². The molecule has 19 heavy (non-hydrogen) atoms. The second kappa shape index (κ2) is 7.04. The van der Waals surface area contributed by atoms with Gasteiger partial charge in [0.1, 0.15) is 4.99 Å². The van der Waals surface area contributed by atoms with E-state index in [-0.39, 0.29) is 0 Å². The summed E-state index contributed by atoms with van der Waals surface area (Å²) >= 11 is 10.9. The van der Waals surface area contributed by atoms with Crippen molar-refractivity contribution in [3.63, 3.8) is 0 Å². The first-order valence-corrected chi connectivity index (χ1v) is 8.25. The average Bonchev–Trinajstić information content (AvgIpc) is 2.28. The number of hydrogen-bond donors (Lipinski definition) is 3. The molecule has 4 N–H and O–H groups in total. The van der Waals surface area contributed by atoms with Crippen molar-refractivity contribution < 1.29 is 8.42 Å². The van der Waals surface area contributed by atoms with E-state index >= 15 is 0 Å². The summed E-state index contributed by atoms with van der Waals surface area (Å²) in [6, 6.07) is 5.27. The maximum absolute atomic E-state index is 10.8. The van der Waals surface area contributed by atoms with Crippen LogP contribution in [0.25, 0.3) is 0 Å². The lowest BCUT2D eigenvalue weighted by Crippen LogP contribution is -2.24. The highest BCUT2D eigenvalue weighted by atomic mass is 35.5. The van der Waals surface area contributed by atoms with Crippen LogP contribution >= 0.6 is 23.8 Å². The number of benzene rings is 1. The zero-order valence-electron chi connectivity index (χ0n) is 10.4. The summed E-state index contributed by atoms with van der Waals surface area (Å²) < 4.78 is 24.1. The molecule has 0 heterocycles. The van der Waals surface area contributed by atoms with E-state index in [2.05, 4.69) is 10.0 Å². The highest BCUT2D eigenvalue weighted by Crippen LogP contribution is 2.22. The van der Waals surface area contributed by atoms with Gasteiger partial charge in [-0.25, -0.2) is 13.1 Å². The fourth-order valence-corrected chi connectivity index (χ4v) is 2.27. The second-order valence-electron chi connectivity index (χ2n) is 4.01. The molecule has 0 aliphatic rings. The smallest absolute Gasteiger partial charge is 0.208 e. The molecule has 0 aromatic heterocycles. The van der Waals surface area contributed by atoms with Gasteiger partial charge in [0.05, 0.1) is 17.0 Å². The van der Waals surface area contributed by atoms with Crippen LogP contribution in [0.3, 0.4) is 0 Å². The van der Waals surface area contributed by atoms with Crippen LogP contribution < -0.4 is 15.8 Å². The highest BCUT2D eigenvalue weighted by Gasteiger charge is 2.03. The molecule has 0 saturated heterocycles. The molecular weight excluding hydrogens is 306 g/mol. The molecule has 106 valence electrons. The first kappa shape index (κ1) is 16.2. The Morgan fingerprint density at radius 1 is 1.42 bits per heavy atom. The molecule has 0 amide bonds. The first-order valence-electron chi connectivity index (χ1n) is 5.57. The number of sulfonamides is 1. The van der Waals surface area contributed by atoms with Crippen LogP contribution in [0.15, 0.2) is 18.2 Å². The fraction of sp³-hybridized carbons (Fsp3) is 0.364. The third-order valence-electron chi connectivity index (χ3n) is 2.29. The maximum atomic E-state index is 10.8. The van der Waals surface area contributed by atoms with Crippen LogP contribution in [0.2, 0.25) is 5.02 Å². The fourth-order valence-electron chi connectivity index (χ4n) is 1.38. The summed E-state index contributed by atoms with van der Waals surface area (Å²) in [4.78, 5) is 0.297. The van der Waals surface area contributed by atoms with Gasteiger partial charge in [0.15, 0.2) is 0 Å². The third kappa shape index (κ3) is 6.20. The Morgan fingerprint density at radius 3 is 2.63 bits per heavy atom. The number of nitrogens with two attached hydrogens (primary N) is 1. The van der Waals surface area contributed by atoms with E-state index in [0.29, 0.717) is 35.1 Å². The topological polar surface area (TPSA) is 84.2 Å². The number of nitrogens with one attached hydrogen (secondary N) is 2. The van der Waals surface area contributed by atoms with Gasteiger partial charge in [-0.05, 0) is 24.6 Å². The van der Waals surface area contributed by atoms with Gasteiger partial charge in [-0.2, -0.15) is 0 Å². The van der Waals surface area contributed by atoms with E-state index in [9.17, 15) is 8.42 Å². The molecule has 1 rings (SSSR count). The summed E-state index contributed by atoms with van der Waals surface area (Å²) in [6.07, 6.45) is 1.78. The van der Waals surface area contributed by atoms with Crippen molar-refractivity contribution in [1.29, 1.82) is 0 Å². The third-order valence-corrected chi connectivity index (χ3v) is 3.56. The number of thiocarbonyl (C=S) groups is 1. The molecule has 5 nitrogen and oxygen atoms in total. The molecule has 1 aromatic rings. The monoisotopic (exact) mass is 321 g/mol. The van der Waals surface area contributed by atoms with Crippen molar-refractivity contribution in [2.75, 3.05) is 24.7 Å². The Bertz CT molecular complexity index is 561. The minimum atomic E-state index is -3.12. The molecule has 0 aliphatic heterocycles. The van der Waals surface area contributed by atoms with Crippen LogP contribution in [0.5, 0.6) is 0 Å². The molecule has 0 bridgehead atoms. The maximum Gasteiger partial charge on any atom is 0.208 e. The lowest BCUT2D eigenvalue weighted by molar-refractivity contribution is 0.586. The number of hydrogen-bond acceptors (Lipinski definition) is 4. The van der Waals surface area contributed by atoms with Gasteiger partial charge in [-0.1, -0.05) is 23.8 Å². The van der Waals surface area contributed by atoms with E-state index < -0.39 is 10.0 Å². The van der Waals surface area contributed by atoms with Gasteiger partial charge in [-0.3, -0.25) is 0 Å².